The fourth-order valence-corrected chi connectivity index (χ4v) is 5.85. The normalized spacial score (nSPS) is 29.0. The van der Waals surface area contributed by atoms with Gasteiger partial charge in [0.05, 0.1) is 12.0 Å². The second kappa shape index (κ2) is 8.71. The predicted molar refractivity (Wildman–Crippen MR) is 122 cm³/mol. The van der Waals surface area contributed by atoms with Gasteiger partial charge in [0.25, 0.3) is 0 Å². The van der Waals surface area contributed by atoms with Gasteiger partial charge in [0.2, 0.25) is 0 Å². The number of fused-ring (bicyclic) bond motifs is 1. The van der Waals surface area contributed by atoms with Gasteiger partial charge in [-0.25, -0.2) is 0 Å². The number of aryl methyl sites for hydroxylation is 1. The highest BCUT2D eigenvalue weighted by Crippen LogP contribution is 2.46. The van der Waals surface area contributed by atoms with Crippen LogP contribution in [0.1, 0.15) is 36.8 Å². The molecule has 3 fully saturated rings. The van der Waals surface area contributed by atoms with E-state index in [0.717, 1.165) is 41.5 Å². The third-order valence-corrected chi connectivity index (χ3v) is 7.59. The number of hydroxylamine groups is 2. The average Bonchev–Trinajstić information content (AvgIpc) is 3.27. The van der Waals surface area contributed by atoms with Crippen LogP contribution in [0.15, 0.2) is 42.5 Å². The zero-order chi connectivity index (χ0) is 22.4. The standard InChI is InChI=1S/C26H28ClNO4/c1-3-15-4-5-18(16-6-8-19(27)9-7-16)14-20(15)21-24(29)22-23(17-10-12-31-13-11-17)28(2)32-26(22)25(21)30/h4-9,14,17,21-23,26H,3,10-13H2,1-2H3. The smallest absolute Gasteiger partial charge is 0.179 e. The van der Waals surface area contributed by atoms with E-state index >= 15 is 0 Å². The van der Waals surface area contributed by atoms with E-state index in [9.17, 15) is 9.59 Å². The summed E-state index contributed by atoms with van der Waals surface area (Å²) in [6, 6.07) is 13.6. The molecule has 0 bridgehead atoms. The Kier molecular flexibility index (Phi) is 5.93. The zero-order valence-electron chi connectivity index (χ0n) is 18.4. The van der Waals surface area contributed by atoms with Gasteiger partial charge in [-0.3, -0.25) is 14.4 Å². The fraction of sp³-hybridized carbons (Fsp3) is 0.462. The molecular weight excluding hydrogens is 426 g/mol. The lowest BCUT2D eigenvalue weighted by atomic mass is 9.80. The number of hydrogen-bond donors (Lipinski definition) is 0. The van der Waals surface area contributed by atoms with Crippen molar-refractivity contribution in [2.24, 2.45) is 11.8 Å². The Labute approximate surface area is 193 Å². The van der Waals surface area contributed by atoms with Crippen LogP contribution < -0.4 is 0 Å². The summed E-state index contributed by atoms with van der Waals surface area (Å²) in [6.07, 6.45) is 1.85. The van der Waals surface area contributed by atoms with Crippen molar-refractivity contribution in [2.45, 2.75) is 44.2 Å². The number of carbonyl (C=O) groups is 2. The summed E-state index contributed by atoms with van der Waals surface area (Å²) in [7, 11) is 1.85. The van der Waals surface area contributed by atoms with Gasteiger partial charge >= 0.3 is 0 Å². The Bertz CT molecular complexity index is 1030. The van der Waals surface area contributed by atoms with Gasteiger partial charge in [0, 0.05) is 25.3 Å². The quantitative estimate of drug-likeness (QED) is 0.639. The second-order valence-corrected chi connectivity index (χ2v) is 9.49. The summed E-state index contributed by atoms with van der Waals surface area (Å²) in [5.41, 5.74) is 3.84. The van der Waals surface area contributed by atoms with E-state index < -0.39 is 17.9 Å². The molecule has 0 amide bonds. The largest absolute Gasteiger partial charge is 0.381 e. The number of Topliss-reactive ketones (excluding diaryl/α,β-unsaturated/α-hetero) is 2. The van der Waals surface area contributed by atoms with Gasteiger partial charge < -0.3 is 4.74 Å². The van der Waals surface area contributed by atoms with Crippen LogP contribution in [0.4, 0.5) is 0 Å². The molecule has 6 heteroatoms. The Morgan fingerprint density at radius 3 is 2.38 bits per heavy atom. The van der Waals surface area contributed by atoms with Crippen LogP contribution in [0.2, 0.25) is 5.02 Å². The number of rotatable bonds is 4. The average molecular weight is 454 g/mol. The predicted octanol–water partition coefficient (Wildman–Crippen LogP) is 4.46. The van der Waals surface area contributed by atoms with E-state index in [1.165, 1.54) is 0 Å². The minimum absolute atomic E-state index is 0.00352. The van der Waals surface area contributed by atoms with Crippen molar-refractivity contribution in [3.63, 3.8) is 0 Å². The molecule has 32 heavy (non-hydrogen) atoms. The van der Waals surface area contributed by atoms with E-state index in [1.807, 2.05) is 49.5 Å². The molecule has 2 aliphatic heterocycles. The van der Waals surface area contributed by atoms with Crippen molar-refractivity contribution >= 4 is 23.2 Å². The van der Waals surface area contributed by atoms with Crippen molar-refractivity contribution in [2.75, 3.05) is 20.3 Å². The van der Waals surface area contributed by atoms with Crippen LogP contribution >= 0.6 is 11.6 Å². The maximum Gasteiger partial charge on any atom is 0.179 e. The number of ether oxygens (including phenoxy) is 1. The van der Waals surface area contributed by atoms with Crippen molar-refractivity contribution < 1.29 is 19.2 Å². The van der Waals surface area contributed by atoms with Crippen molar-refractivity contribution in [1.29, 1.82) is 0 Å². The molecule has 168 valence electrons. The zero-order valence-corrected chi connectivity index (χ0v) is 19.2. The van der Waals surface area contributed by atoms with E-state index in [0.29, 0.717) is 24.2 Å². The highest BCUT2D eigenvalue weighted by Gasteiger charge is 2.60. The molecule has 2 saturated heterocycles. The molecule has 5 rings (SSSR count). The highest BCUT2D eigenvalue weighted by atomic mass is 35.5. The minimum atomic E-state index is -0.761. The second-order valence-electron chi connectivity index (χ2n) is 9.05. The fourth-order valence-electron chi connectivity index (χ4n) is 5.73. The van der Waals surface area contributed by atoms with E-state index in [-0.39, 0.29) is 17.6 Å². The topological polar surface area (TPSA) is 55.8 Å². The summed E-state index contributed by atoms with van der Waals surface area (Å²) < 4.78 is 5.52. The summed E-state index contributed by atoms with van der Waals surface area (Å²) >= 11 is 6.05. The third-order valence-electron chi connectivity index (χ3n) is 7.34. The Morgan fingerprint density at radius 2 is 1.69 bits per heavy atom. The maximum absolute atomic E-state index is 13.8. The van der Waals surface area contributed by atoms with Crippen molar-refractivity contribution in [1.82, 2.24) is 5.06 Å². The highest BCUT2D eigenvalue weighted by molar-refractivity contribution is 6.30. The van der Waals surface area contributed by atoms with Gasteiger partial charge in [0.1, 0.15) is 12.0 Å². The number of ketones is 2. The molecule has 0 radical (unpaired) electrons. The lowest BCUT2D eigenvalue weighted by molar-refractivity contribution is -0.167. The van der Waals surface area contributed by atoms with Gasteiger partial charge in [-0.05, 0) is 65.6 Å². The summed E-state index contributed by atoms with van der Waals surface area (Å²) in [5, 5.41) is 2.44. The van der Waals surface area contributed by atoms with Crippen LogP contribution in [0.25, 0.3) is 11.1 Å². The molecular formula is C26H28ClNO4. The number of nitrogens with zero attached hydrogens (tertiary/aromatic N) is 1. The molecule has 4 atom stereocenters. The minimum Gasteiger partial charge on any atom is -0.381 e. The number of hydrogen-bond acceptors (Lipinski definition) is 5. The van der Waals surface area contributed by atoms with Gasteiger partial charge in [-0.1, -0.05) is 42.8 Å². The van der Waals surface area contributed by atoms with Crippen LogP contribution in [0.5, 0.6) is 0 Å². The third kappa shape index (κ3) is 3.61. The molecule has 3 aliphatic rings. The van der Waals surface area contributed by atoms with E-state index in [4.69, 9.17) is 21.2 Å². The molecule has 2 heterocycles. The molecule has 1 aliphatic carbocycles. The molecule has 5 nitrogen and oxygen atoms in total. The molecule has 0 spiro atoms. The van der Waals surface area contributed by atoms with Gasteiger partial charge in [0.15, 0.2) is 11.6 Å². The number of benzene rings is 2. The maximum atomic E-state index is 13.8. The van der Waals surface area contributed by atoms with Crippen molar-refractivity contribution in [3.05, 3.63) is 58.6 Å². The molecule has 2 aromatic rings. The van der Waals surface area contributed by atoms with E-state index in [2.05, 4.69) is 6.92 Å². The van der Waals surface area contributed by atoms with Crippen LogP contribution in [-0.2, 0) is 25.6 Å². The van der Waals surface area contributed by atoms with Gasteiger partial charge in [-0.2, -0.15) is 5.06 Å². The summed E-state index contributed by atoms with van der Waals surface area (Å²) in [5.74, 6) is -0.980. The lowest BCUT2D eigenvalue weighted by Gasteiger charge is -2.33. The summed E-state index contributed by atoms with van der Waals surface area (Å²) in [4.78, 5) is 33.3. The Morgan fingerprint density at radius 1 is 1.00 bits per heavy atom. The van der Waals surface area contributed by atoms with Crippen LogP contribution in [-0.4, -0.2) is 49.0 Å². The Balaban J connectivity index is 1.51. The molecule has 1 saturated carbocycles. The van der Waals surface area contributed by atoms with Gasteiger partial charge in [-0.15, -0.1) is 0 Å². The molecule has 0 N–H and O–H groups in total. The Hall–Kier alpha value is -2.05. The monoisotopic (exact) mass is 453 g/mol. The number of carbonyl (C=O) groups excluding carboxylic acids is 2. The first-order chi connectivity index (χ1) is 15.5. The first-order valence-electron chi connectivity index (χ1n) is 11.4. The number of halogens is 1. The molecule has 0 aromatic heterocycles. The first kappa shape index (κ1) is 21.8. The van der Waals surface area contributed by atoms with Crippen LogP contribution in [0.3, 0.4) is 0 Å². The molecule has 2 aromatic carbocycles. The van der Waals surface area contributed by atoms with Crippen molar-refractivity contribution in [3.8, 4) is 11.1 Å². The first-order valence-corrected chi connectivity index (χ1v) is 11.8. The lowest BCUT2D eigenvalue weighted by Crippen LogP contribution is -2.42. The SMILES string of the molecule is CCc1ccc(-c2ccc(Cl)cc2)cc1C1C(=O)C2ON(C)C(C3CCOCC3)C2C1=O. The van der Waals surface area contributed by atoms with Crippen LogP contribution in [0, 0.1) is 11.8 Å². The molecule has 4 unspecified atom stereocenters. The summed E-state index contributed by atoms with van der Waals surface area (Å²) in [6.45, 7) is 3.45. The van der Waals surface area contributed by atoms with E-state index in [1.54, 1.807) is 5.06 Å².